The van der Waals surface area contributed by atoms with Crippen LogP contribution in [0.4, 0.5) is 0 Å². The van der Waals surface area contributed by atoms with E-state index >= 15 is 0 Å². The second-order valence-electron chi connectivity index (χ2n) is 5.81. The van der Waals surface area contributed by atoms with Gasteiger partial charge in [0.1, 0.15) is 0 Å². The Kier molecular flexibility index (Phi) is 13.5. The van der Waals surface area contributed by atoms with Crippen molar-refractivity contribution in [3.05, 3.63) is 0 Å². The van der Waals surface area contributed by atoms with Gasteiger partial charge in [0, 0.05) is 26.2 Å². The van der Waals surface area contributed by atoms with Crippen molar-refractivity contribution in [2.24, 2.45) is 10.9 Å². The Balaban J connectivity index is 0.00000484. The molecule has 1 aliphatic rings. The van der Waals surface area contributed by atoms with E-state index in [9.17, 15) is 4.79 Å². The van der Waals surface area contributed by atoms with Crippen LogP contribution in [0.1, 0.15) is 59.3 Å². The molecular formula is C17H34IN3O2. The number of esters is 1. The van der Waals surface area contributed by atoms with E-state index in [1.807, 2.05) is 6.92 Å². The third-order valence-electron chi connectivity index (χ3n) is 4.02. The fourth-order valence-electron chi connectivity index (χ4n) is 2.74. The molecule has 1 fully saturated rings. The van der Waals surface area contributed by atoms with Crippen LogP contribution in [0, 0.1) is 5.92 Å². The molecule has 1 rings (SSSR count). The topological polar surface area (TPSA) is 53.9 Å². The smallest absolute Gasteiger partial charge is 0.309 e. The van der Waals surface area contributed by atoms with E-state index in [1.165, 1.54) is 19.3 Å². The van der Waals surface area contributed by atoms with Crippen LogP contribution in [-0.2, 0) is 9.53 Å². The fourth-order valence-corrected chi connectivity index (χ4v) is 2.74. The van der Waals surface area contributed by atoms with Gasteiger partial charge in [-0.25, -0.2) is 0 Å². The lowest BCUT2D eigenvalue weighted by molar-refractivity contribution is -0.149. The van der Waals surface area contributed by atoms with Gasteiger partial charge in [-0.05, 0) is 33.1 Å². The molecule has 1 aliphatic heterocycles. The molecule has 0 amide bonds. The van der Waals surface area contributed by atoms with Crippen molar-refractivity contribution in [3.8, 4) is 0 Å². The molecule has 0 spiro atoms. The number of aliphatic imine (C=N–C) groups is 1. The van der Waals surface area contributed by atoms with Crippen LogP contribution in [0.3, 0.4) is 0 Å². The van der Waals surface area contributed by atoms with Gasteiger partial charge in [-0.3, -0.25) is 9.79 Å². The lowest BCUT2D eigenvalue weighted by Gasteiger charge is -2.33. The number of likely N-dealkylation sites (tertiary alicyclic amines) is 1. The number of hydrogen-bond acceptors (Lipinski definition) is 3. The molecule has 0 aromatic rings. The first-order valence-electron chi connectivity index (χ1n) is 8.92. The highest BCUT2D eigenvalue weighted by Crippen LogP contribution is 2.18. The van der Waals surface area contributed by atoms with Crippen LogP contribution in [-0.4, -0.2) is 49.6 Å². The number of unbranched alkanes of at least 4 members (excludes halogenated alkanes) is 3. The molecule has 1 heterocycles. The number of carbonyl (C=O) groups is 1. The third-order valence-corrected chi connectivity index (χ3v) is 4.02. The lowest BCUT2D eigenvalue weighted by Crippen LogP contribution is -2.46. The summed E-state index contributed by atoms with van der Waals surface area (Å²) in [5.74, 6) is 1.02. The molecule has 0 saturated carbocycles. The Bertz CT molecular complexity index is 343. The minimum absolute atomic E-state index is 0. The number of nitrogens with zero attached hydrogens (tertiary/aromatic N) is 2. The summed E-state index contributed by atoms with van der Waals surface area (Å²) in [4.78, 5) is 18.8. The number of halogens is 1. The average Bonchev–Trinajstić information content (AvgIpc) is 2.54. The Morgan fingerprint density at radius 1 is 1.17 bits per heavy atom. The summed E-state index contributed by atoms with van der Waals surface area (Å²) >= 11 is 0. The molecule has 23 heavy (non-hydrogen) atoms. The minimum atomic E-state index is -0.0383. The number of ether oxygens (including phenoxy) is 1. The van der Waals surface area contributed by atoms with Crippen LogP contribution >= 0.6 is 24.0 Å². The molecule has 0 bridgehead atoms. The maximum atomic E-state index is 11.8. The molecule has 1 saturated heterocycles. The molecule has 0 atom stereocenters. The largest absolute Gasteiger partial charge is 0.466 e. The van der Waals surface area contributed by atoms with Crippen LogP contribution < -0.4 is 5.32 Å². The summed E-state index contributed by atoms with van der Waals surface area (Å²) in [6.07, 6.45) is 6.67. The quantitative estimate of drug-likeness (QED) is 0.207. The highest BCUT2D eigenvalue weighted by atomic mass is 127. The van der Waals surface area contributed by atoms with Crippen LogP contribution in [0.2, 0.25) is 0 Å². The maximum Gasteiger partial charge on any atom is 0.309 e. The minimum Gasteiger partial charge on any atom is -0.466 e. The van der Waals surface area contributed by atoms with Crippen LogP contribution in [0.15, 0.2) is 4.99 Å². The van der Waals surface area contributed by atoms with E-state index in [4.69, 9.17) is 9.73 Å². The van der Waals surface area contributed by atoms with Crippen molar-refractivity contribution in [1.29, 1.82) is 0 Å². The molecule has 0 radical (unpaired) electrons. The van der Waals surface area contributed by atoms with E-state index in [2.05, 4.69) is 24.1 Å². The third kappa shape index (κ3) is 8.77. The molecule has 1 N–H and O–H groups in total. The van der Waals surface area contributed by atoms with E-state index in [0.717, 1.165) is 51.4 Å². The van der Waals surface area contributed by atoms with E-state index < -0.39 is 0 Å². The van der Waals surface area contributed by atoms with Gasteiger partial charge in [0.15, 0.2) is 5.96 Å². The number of hydrogen-bond donors (Lipinski definition) is 1. The highest BCUT2D eigenvalue weighted by Gasteiger charge is 2.27. The van der Waals surface area contributed by atoms with Gasteiger partial charge in [0.25, 0.3) is 0 Å². The maximum absolute atomic E-state index is 11.8. The van der Waals surface area contributed by atoms with Gasteiger partial charge in [-0.15, -0.1) is 24.0 Å². The molecule has 0 aromatic heterocycles. The van der Waals surface area contributed by atoms with E-state index in [1.54, 1.807) is 0 Å². The van der Waals surface area contributed by atoms with Crippen molar-refractivity contribution >= 4 is 35.9 Å². The van der Waals surface area contributed by atoms with Gasteiger partial charge >= 0.3 is 5.97 Å². The fraction of sp³-hybridized carbons (Fsp3) is 0.882. The zero-order valence-corrected chi connectivity index (χ0v) is 17.3. The zero-order chi connectivity index (χ0) is 16.2. The molecule has 6 heteroatoms. The van der Waals surface area contributed by atoms with Crippen molar-refractivity contribution in [2.75, 3.05) is 32.8 Å². The molecular weight excluding hydrogens is 405 g/mol. The predicted octanol–water partition coefficient (Wildman–Crippen LogP) is 3.43. The summed E-state index contributed by atoms with van der Waals surface area (Å²) in [6.45, 7) is 10.2. The van der Waals surface area contributed by atoms with Gasteiger partial charge in [-0.2, -0.15) is 0 Å². The first-order chi connectivity index (χ1) is 10.7. The second-order valence-corrected chi connectivity index (χ2v) is 5.81. The Morgan fingerprint density at radius 2 is 1.87 bits per heavy atom. The number of guanidine groups is 1. The summed E-state index contributed by atoms with van der Waals surface area (Å²) < 4.78 is 5.12. The molecule has 0 aliphatic carbocycles. The van der Waals surface area contributed by atoms with Gasteiger partial charge < -0.3 is 15.0 Å². The van der Waals surface area contributed by atoms with Crippen LogP contribution in [0.25, 0.3) is 0 Å². The summed E-state index contributed by atoms with van der Waals surface area (Å²) in [6, 6.07) is 0. The van der Waals surface area contributed by atoms with Crippen molar-refractivity contribution in [3.63, 3.8) is 0 Å². The standard InChI is InChI=1S/C17H33N3O2.HI/c1-4-7-8-9-12-19-17(18-5-2)20-13-10-15(11-14-20)16(21)22-6-3;/h15H,4-14H2,1-3H3,(H,18,19);1H. The Morgan fingerprint density at radius 3 is 2.43 bits per heavy atom. The monoisotopic (exact) mass is 439 g/mol. The first-order valence-corrected chi connectivity index (χ1v) is 8.92. The predicted molar refractivity (Wildman–Crippen MR) is 106 cm³/mol. The average molecular weight is 439 g/mol. The van der Waals surface area contributed by atoms with E-state index in [0.29, 0.717) is 6.61 Å². The molecule has 5 nitrogen and oxygen atoms in total. The summed E-state index contributed by atoms with van der Waals surface area (Å²) in [7, 11) is 0. The van der Waals surface area contributed by atoms with Crippen molar-refractivity contribution < 1.29 is 9.53 Å². The number of piperidine rings is 1. The van der Waals surface area contributed by atoms with Gasteiger partial charge in [0.05, 0.1) is 12.5 Å². The van der Waals surface area contributed by atoms with Crippen LogP contribution in [0.5, 0.6) is 0 Å². The summed E-state index contributed by atoms with van der Waals surface area (Å²) in [5, 5.41) is 3.37. The molecule has 0 unspecified atom stereocenters. The lowest BCUT2D eigenvalue weighted by atomic mass is 9.97. The van der Waals surface area contributed by atoms with Gasteiger partial charge in [-0.1, -0.05) is 26.2 Å². The first kappa shape index (κ1) is 22.5. The second kappa shape index (κ2) is 13.9. The normalized spacial score (nSPS) is 16.0. The Hall–Kier alpha value is -0.530. The summed E-state index contributed by atoms with van der Waals surface area (Å²) in [5.41, 5.74) is 0. The van der Waals surface area contributed by atoms with Crippen molar-refractivity contribution in [2.45, 2.75) is 59.3 Å². The molecule has 0 aromatic carbocycles. The highest BCUT2D eigenvalue weighted by molar-refractivity contribution is 14.0. The SMILES string of the molecule is CCCCCCN=C(NCC)N1CCC(C(=O)OCC)CC1.I. The van der Waals surface area contributed by atoms with Crippen molar-refractivity contribution in [1.82, 2.24) is 10.2 Å². The molecule has 136 valence electrons. The van der Waals surface area contributed by atoms with E-state index in [-0.39, 0.29) is 35.9 Å². The zero-order valence-electron chi connectivity index (χ0n) is 15.0. The number of carbonyl (C=O) groups excluding carboxylic acids is 1. The Labute approximate surface area is 158 Å². The number of nitrogens with one attached hydrogen (secondary N) is 1. The number of rotatable bonds is 8. The van der Waals surface area contributed by atoms with Gasteiger partial charge in [0.2, 0.25) is 0 Å².